The third-order valence-electron chi connectivity index (χ3n) is 5.44. The third kappa shape index (κ3) is 4.34. The van der Waals surface area contributed by atoms with Crippen molar-refractivity contribution in [2.45, 2.75) is 32.1 Å². The Hall–Kier alpha value is -3.90. The number of nitrogens with zero attached hydrogens (tertiary/aromatic N) is 3. The second-order valence-electron chi connectivity index (χ2n) is 8.21. The first-order chi connectivity index (χ1) is 14.9. The fourth-order valence-electron chi connectivity index (χ4n) is 3.25. The maximum Gasteiger partial charge on any atom is 0.228 e. The molecule has 1 aliphatic carbocycles. The van der Waals surface area contributed by atoms with E-state index < -0.39 is 5.41 Å². The molecule has 1 aliphatic rings. The van der Waals surface area contributed by atoms with Gasteiger partial charge in [-0.3, -0.25) is 4.79 Å². The van der Waals surface area contributed by atoms with Crippen LogP contribution in [-0.4, -0.2) is 22.9 Å². The third-order valence-corrected chi connectivity index (χ3v) is 5.44. The topological polar surface area (TPSA) is 90.7 Å². The Kier molecular flexibility index (Phi) is 5.31. The van der Waals surface area contributed by atoms with E-state index in [-0.39, 0.29) is 11.8 Å². The van der Waals surface area contributed by atoms with Crippen LogP contribution in [0.5, 0.6) is 0 Å². The summed E-state index contributed by atoms with van der Waals surface area (Å²) in [7, 11) is 1.81. The predicted octanol–water partition coefficient (Wildman–Crippen LogP) is 4.22. The molecule has 1 fully saturated rings. The van der Waals surface area contributed by atoms with Gasteiger partial charge in [-0.05, 0) is 50.5 Å². The van der Waals surface area contributed by atoms with Gasteiger partial charge in [0.15, 0.2) is 0 Å². The second kappa shape index (κ2) is 8.08. The molecule has 4 rings (SSSR count). The minimum Gasteiger partial charge on any atom is -0.373 e. The lowest BCUT2D eigenvalue weighted by molar-refractivity contribution is -0.117. The van der Waals surface area contributed by atoms with Gasteiger partial charge < -0.3 is 10.6 Å². The van der Waals surface area contributed by atoms with Crippen molar-refractivity contribution in [3.63, 3.8) is 0 Å². The number of anilines is 2. The van der Waals surface area contributed by atoms with E-state index in [1.165, 1.54) is 0 Å². The number of rotatable bonds is 4. The number of amides is 1. The summed E-state index contributed by atoms with van der Waals surface area (Å²) < 4.78 is 0. The van der Waals surface area contributed by atoms with Crippen LogP contribution >= 0.6 is 0 Å². The molecule has 1 aromatic carbocycles. The van der Waals surface area contributed by atoms with E-state index in [0.717, 1.165) is 40.3 Å². The lowest BCUT2D eigenvalue weighted by atomic mass is 9.86. The number of hydrogen-bond donors (Lipinski definition) is 2. The van der Waals surface area contributed by atoms with Gasteiger partial charge in [0.2, 0.25) is 5.91 Å². The highest BCUT2D eigenvalue weighted by atomic mass is 16.2. The Bertz CT molecular complexity index is 1260. The van der Waals surface area contributed by atoms with Gasteiger partial charge in [-0.2, -0.15) is 5.26 Å². The zero-order chi connectivity index (χ0) is 22.0. The van der Waals surface area contributed by atoms with Gasteiger partial charge in [0, 0.05) is 41.7 Å². The van der Waals surface area contributed by atoms with Gasteiger partial charge in [0.1, 0.15) is 11.6 Å². The van der Waals surface area contributed by atoms with E-state index in [0.29, 0.717) is 11.6 Å². The molecule has 0 bridgehead atoms. The van der Waals surface area contributed by atoms with Gasteiger partial charge in [-0.15, -0.1) is 0 Å². The number of benzene rings is 1. The number of carbonyl (C=O) groups excluding carboxylic acids is 1. The molecule has 0 unspecified atom stereocenters. The van der Waals surface area contributed by atoms with Crippen molar-refractivity contribution in [2.24, 2.45) is 5.92 Å². The van der Waals surface area contributed by atoms with Crippen molar-refractivity contribution in [2.75, 3.05) is 17.7 Å². The van der Waals surface area contributed by atoms with Crippen LogP contribution in [0.25, 0.3) is 10.8 Å². The number of pyridine rings is 2. The SMILES string of the molecule is CNc1ncc(C#Cc2ccc(C(C)(C)C#N)cc2)c2cc(NC(=O)C3CC3)ncc12. The minimum absolute atomic E-state index is 0.0164. The summed E-state index contributed by atoms with van der Waals surface area (Å²) in [5.41, 5.74) is 2.01. The Labute approximate surface area is 181 Å². The quantitative estimate of drug-likeness (QED) is 0.630. The average molecular weight is 409 g/mol. The maximum absolute atomic E-state index is 12.1. The Balaban J connectivity index is 1.69. The molecule has 31 heavy (non-hydrogen) atoms. The predicted molar refractivity (Wildman–Crippen MR) is 121 cm³/mol. The standard InChI is InChI=1S/C25H23N5O/c1-25(2,15-26)19-10-5-16(6-11-19)4-7-18-13-29-23(27-3)21-14-28-22(12-20(18)21)30-24(31)17-8-9-17/h5-6,10-14,17H,8-9H2,1-3H3,(H,27,29)(H,28,30,31). The molecule has 3 aromatic rings. The van der Waals surface area contributed by atoms with Crippen LogP contribution in [0.15, 0.2) is 42.7 Å². The molecule has 0 radical (unpaired) electrons. The Morgan fingerprint density at radius 3 is 2.48 bits per heavy atom. The van der Waals surface area contributed by atoms with Gasteiger partial charge in [0.05, 0.1) is 17.0 Å². The summed E-state index contributed by atoms with van der Waals surface area (Å²) in [6, 6.07) is 11.9. The molecule has 1 amide bonds. The first-order valence-electron chi connectivity index (χ1n) is 10.2. The molecule has 2 aromatic heterocycles. The monoisotopic (exact) mass is 409 g/mol. The number of aromatic nitrogens is 2. The molecule has 0 atom stereocenters. The van der Waals surface area contributed by atoms with Crippen LogP contribution in [0.2, 0.25) is 0 Å². The highest BCUT2D eigenvalue weighted by molar-refractivity contribution is 5.99. The van der Waals surface area contributed by atoms with Gasteiger partial charge in [-0.25, -0.2) is 9.97 Å². The van der Waals surface area contributed by atoms with E-state index in [1.807, 2.05) is 44.2 Å². The zero-order valence-electron chi connectivity index (χ0n) is 17.8. The fourth-order valence-corrected chi connectivity index (χ4v) is 3.25. The molecule has 0 aliphatic heterocycles. The second-order valence-corrected chi connectivity index (χ2v) is 8.21. The number of carbonyl (C=O) groups is 1. The van der Waals surface area contributed by atoms with Crippen LogP contribution < -0.4 is 10.6 Å². The van der Waals surface area contributed by atoms with Crippen LogP contribution in [0, 0.1) is 29.1 Å². The molecular formula is C25H23N5O. The van der Waals surface area contributed by atoms with Crippen LogP contribution in [-0.2, 0) is 10.2 Å². The fraction of sp³-hybridized carbons (Fsp3) is 0.280. The molecule has 1 saturated carbocycles. The number of nitriles is 1. The van der Waals surface area contributed by atoms with Crippen molar-refractivity contribution < 1.29 is 4.79 Å². The first-order valence-corrected chi connectivity index (χ1v) is 10.2. The average Bonchev–Trinajstić information content (AvgIpc) is 3.63. The summed E-state index contributed by atoms with van der Waals surface area (Å²) in [4.78, 5) is 21.0. The van der Waals surface area contributed by atoms with Gasteiger partial charge in [-0.1, -0.05) is 24.0 Å². The molecule has 2 N–H and O–H groups in total. The minimum atomic E-state index is -0.538. The molecule has 0 saturated heterocycles. The summed E-state index contributed by atoms with van der Waals surface area (Å²) in [5.74, 6) is 7.72. The van der Waals surface area contributed by atoms with Crippen molar-refractivity contribution in [1.29, 1.82) is 5.26 Å². The smallest absolute Gasteiger partial charge is 0.228 e. The van der Waals surface area contributed by atoms with Gasteiger partial charge in [0.25, 0.3) is 0 Å². The number of nitrogens with one attached hydrogen (secondary N) is 2. The zero-order valence-corrected chi connectivity index (χ0v) is 17.8. The number of fused-ring (bicyclic) bond motifs is 1. The number of hydrogen-bond acceptors (Lipinski definition) is 5. The van der Waals surface area contributed by atoms with Crippen molar-refractivity contribution in [3.05, 3.63) is 59.4 Å². The van der Waals surface area contributed by atoms with E-state index in [4.69, 9.17) is 0 Å². The molecule has 6 nitrogen and oxygen atoms in total. The molecular weight excluding hydrogens is 386 g/mol. The van der Waals surface area contributed by atoms with Crippen LogP contribution in [0.4, 0.5) is 11.6 Å². The van der Waals surface area contributed by atoms with Gasteiger partial charge >= 0.3 is 0 Å². The van der Waals surface area contributed by atoms with Crippen LogP contribution in [0.1, 0.15) is 43.4 Å². The molecule has 6 heteroatoms. The highest BCUT2D eigenvalue weighted by Crippen LogP contribution is 2.31. The van der Waals surface area contributed by atoms with Crippen molar-refractivity contribution in [3.8, 4) is 17.9 Å². The summed E-state index contributed by atoms with van der Waals surface area (Å²) in [6.07, 6.45) is 5.31. The Morgan fingerprint density at radius 1 is 1.10 bits per heavy atom. The molecule has 0 spiro atoms. The van der Waals surface area contributed by atoms with Crippen molar-refractivity contribution in [1.82, 2.24) is 9.97 Å². The lowest BCUT2D eigenvalue weighted by Crippen LogP contribution is -2.14. The first kappa shape index (κ1) is 20.4. The largest absolute Gasteiger partial charge is 0.373 e. The van der Waals surface area contributed by atoms with E-state index >= 15 is 0 Å². The maximum atomic E-state index is 12.1. The highest BCUT2D eigenvalue weighted by Gasteiger charge is 2.29. The summed E-state index contributed by atoms with van der Waals surface area (Å²) in [6.45, 7) is 3.78. The van der Waals surface area contributed by atoms with Crippen LogP contribution in [0.3, 0.4) is 0 Å². The van der Waals surface area contributed by atoms with E-state index in [9.17, 15) is 10.1 Å². The molecule has 2 heterocycles. The molecule has 154 valence electrons. The lowest BCUT2D eigenvalue weighted by Gasteiger charge is -2.15. The summed E-state index contributed by atoms with van der Waals surface area (Å²) in [5, 5.41) is 17.0. The van der Waals surface area contributed by atoms with E-state index in [1.54, 1.807) is 19.4 Å². The van der Waals surface area contributed by atoms with Crippen molar-refractivity contribution >= 4 is 28.3 Å². The summed E-state index contributed by atoms with van der Waals surface area (Å²) >= 11 is 0. The Morgan fingerprint density at radius 2 is 1.84 bits per heavy atom. The normalized spacial score (nSPS) is 13.1. The van der Waals surface area contributed by atoms with E-state index in [2.05, 4.69) is 38.5 Å².